The molecule has 1 unspecified atom stereocenters. The summed E-state index contributed by atoms with van der Waals surface area (Å²) < 4.78 is 13.9. The Labute approximate surface area is 114 Å². The molecule has 1 heterocycles. The van der Waals surface area contributed by atoms with Gasteiger partial charge in [-0.05, 0) is 30.7 Å². The molecule has 1 saturated heterocycles. The topological polar surface area (TPSA) is 57.6 Å². The van der Waals surface area contributed by atoms with E-state index in [2.05, 4.69) is 0 Å². The van der Waals surface area contributed by atoms with E-state index in [1.54, 1.807) is 25.1 Å². The number of nitrogens with zero attached hydrogens (tertiary/aromatic N) is 1. The highest BCUT2D eigenvalue weighted by atomic mass is 35.5. The average molecular weight is 286 g/mol. The lowest BCUT2D eigenvalue weighted by Gasteiger charge is -2.18. The third-order valence-corrected chi connectivity index (χ3v) is 3.72. The zero-order chi connectivity index (χ0) is 14.2. The predicted octanol–water partition coefficient (Wildman–Crippen LogP) is 2.29. The highest BCUT2D eigenvalue weighted by molar-refractivity contribution is 6.31. The number of carbonyl (C=O) groups is 2. The number of carboxylic acids is 1. The molecule has 0 radical (unpaired) electrons. The summed E-state index contributed by atoms with van der Waals surface area (Å²) >= 11 is 5.87. The third-order valence-electron chi connectivity index (χ3n) is 3.29. The molecule has 1 fully saturated rings. The number of aliphatic carboxylic acids is 1. The van der Waals surface area contributed by atoms with Crippen molar-refractivity contribution in [1.82, 2.24) is 4.90 Å². The van der Waals surface area contributed by atoms with Gasteiger partial charge in [0.15, 0.2) is 0 Å². The van der Waals surface area contributed by atoms with E-state index in [0.29, 0.717) is 10.6 Å². The monoisotopic (exact) mass is 285 g/mol. The number of hydrogen-bond acceptors (Lipinski definition) is 2. The van der Waals surface area contributed by atoms with Gasteiger partial charge in [0.05, 0.1) is 6.54 Å². The first-order chi connectivity index (χ1) is 8.83. The van der Waals surface area contributed by atoms with Crippen LogP contribution >= 0.6 is 11.6 Å². The lowest BCUT2D eigenvalue weighted by atomic mass is 10.1. The standard InChI is InChI=1S/C13H13ClFNO3/c1-8-6-9(2-3-10(8)14)11(17)16-5-4-13(15,7-16)12(18)19/h2-3,6H,4-5,7H2,1H3,(H,18,19). The number of benzene rings is 1. The molecule has 6 heteroatoms. The van der Waals surface area contributed by atoms with Crippen LogP contribution in [0.25, 0.3) is 0 Å². The van der Waals surface area contributed by atoms with Gasteiger partial charge in [0.25, 0.3) is 5.91 Å². The first-order valence-electron chi connectivity index (χ1n) is 5.81. The van der Waals surface area contributed by atoms with Gasteiger partial charge in [-0.15, -0.1) is 0 Å². The van der Waals surface area contributed by atoms with E-state index in [1.807, 2.05) is 0 Å². The maximum atomic E-state index is 13.9. The summed E-state index contributed by atoms with van der Waals surface area (Å²) in [6.07, 6.45) is -0.180. The Balaban J connectivity index is 2.18. The van der Waals surface area contributed by atoms with Crippen LogP contribution in [0.3, 0.4) is 0 Å². The summed E-state index contributed by atoms with van der Waals surface area (Å²) in [4.78, 5) is 24.2. The minimum Gasteiger partial charge on any atom is -0.479 e. The lowest BCUT2D eigenvalue weighted by Crippen LogP contribution is -2.38. The van der Waals surface area contributed by atoms with Crippen LogP contribution in [0.4, 0.5) is 4.39 Å². The van der Waals surface area contributed by atoms with Gasteiger partial charge in [-0.3, -0.25) is 4.79 Å². The molecule has 2 rings (SSSR count). The van der Waals surface area contributed by atoms with E-state index in [0.717, 1.165) is 5.56 Å². The summed E-state index contributed by atoms with van der Waals surface area (Å²) in [5, 5.41) is 9.34. The number of carboxylic acid groups (broad SMARTS) is 1. The van der Waals surface area contributed by atoms with Gasteiger partial charge in [0.2, 0.25) is 5.67 Å². The molecule has 4 nitrogen and oxygen atoms in total. The zero-order valence-corrected chi connectivity index (χ0v) is 11.1. The van der Waals surface area contributed by atoms with E-state index >= 15 is 0 Å². The van der Waals surface area contributed by atoms with Gasteiger partial charge in [-0.1, -0.05) is 11.6 Å². The molecule has 1 amide bonds. The van der Waals surface area contributed by atoms with E-state index in [-0.39, 0.29) is 18.9 Å². The molecule has 0 saturated carbocycles. The van der Waals surface area contributed by atoms with Crippen LogP contribution < -0.4 is 0 Å². The van der Waals surface area contributed by atoms with Crippen molar-refractivity contribution in [2.45, 2.75) is 19.0 Å². The Morgan fingerprint density at radius 1 is 1.47 bits per heavy atom. The number of rotatable bonds is 2. The summed E-state index contributed by atoms with van der Waals surface area (Å²) in [5.74, 6) is -1.89. The van der Waals surface area contributed by atoms with Crippen molar-refractivity contribution >= 4 is 23.5 Å². The summed E-state index contributed by atoms with van der Waals surface area (Å²) in [5.41, 5.74) is -1.20. The van der Waals surface area contributed by atoms with E-state index in [9.17, 15) is 14.0 Å². The summed E-state index contributed by atoms with van der Waals surface area (Å²) in [6, 6.07) is 4.76. The van der Waals surface area contributed by atoms with Crippen molar-refractivity contribution in [1.29, 1.82) is 0 Å². The molecule has 0 bridgehead atoms. The van der Waals surface area contributed by atoms with E-state index < -0.39 is 18.2 Å². The molecule has 102 valence electrons. The van der Waals surface area contributed by atoms with Gasteiger partial charge < -0.3 is 10.0 Å². The number of alkyl halides is 1. The Hall–Kier alpha value is -1.62. The smallest absolute Gasteiger partial charge is 0.343 e. The molecule has 0 aliphatic carbocycles. The first-order valence-corrected chi connectivity index (χ1v) is 6.19. The minimum absolute atomic E-state index is 0.101. The van der Waals surface area contributed by atoms with Crippen molar-refractivity contribution in [3.8, 4) is 0 Å². The average Bonchev–Trinajstić information content (AvgIpc) is 2.76. The molecule has 1 atom stereocenters. The first kappa shape index (κ1) is 13.8. The fourth-order valence-electron chi connectivity index (χ4n) is 2.08. The quantitative estimate of drug-likeness (QED) is 0.907. The molecular weight excluding hydrogens is 273 g/mol. The summed E-state index contributed by atoms with van der Waals surface area (Å²) in [7, 11) is 0. The molecule has 1 N–H and O–H groups in total. The maximum absolute atomic E-state index is 13.9. The zero-order valence-electron chi connectivity index (χ0n) is 10.3. The fraction of sp³-hybridized carbons (Fsp3) is 0.385. The van der Waals surface area contributed by atoms with Gasteiger partial charge in [0.1, 0.15) is 0 Å². The van der Waals surface area contributed by atoms with Crippen LogP contribution in [-0.2, 0) is 4.79 Å². The van der Waals surface area contributed by atoms with Crippen LogP contribution in [0, 0.1) is 6.92 Å². The normalized spacial score (nSPS) is 22.6. The lowest BCUT2D eigenvalue weighted by molar-refractivity contribution is -0.149. The Bertz CT molecular complexity index is 549. The van der Waals surface area contributed by atoms with Crippen molar-refractivity contribution in [2.75, 3.05) is 13.1 Å². The Kier molecular flexibility index (Phi) is 3.49. The largest absolute Gasteiger partial charge is 0.479 e. The number of halogens is 2. The van der Waals surface area contributed by atoms with Gasteiger partial charge in [-0.2, -0.15) is 0 Å². The van der Waals surface area contributed by atoms with Gasteiger partial charge in [-0.25, -0.2) is 9.18 Å². The van der Waals surface area contributed by atoms with Crippen LogP contribution in [0.15, 0.2) is 18.2 Å². The second kappa shape index (κ2) is 4.81. The van der Waals surface area contributed by atoms with Crippen molar-refractivity contribution in [3.05, 3.63) is 34.3 Å². The van der Waals surface area contributed by atoms with Crippen LogP contribution in [0.1, 0.15) is 22.3 Å². The number of aryl methyl sites for hydroxylation is 1. The fourth-order valence-corrected chi connectivity index (χ4v) is 2.20. The molecule has 0 spiro atoms. The minimum atomic E-state index is -2.34. The van der Waals surface area contributed by atoms with E-state index in [1.165, 1.54) is 4.90 Å². The number of likely N-dealkylation sites (tertiary alicyclic amines) is 1. The maximum Gasteiger partial charge on any atom is 0.343 e. The second-order valence-electron chi connectivity index (χ2n) is 4.71. The predicted molar refractivity (Wildman–Crippen MR) is 68.2 cm³/mol. The highest BCUT2D eigenvalue weighted by Crippen LogP contribution is 2.27. The molecule has 0 aromatic heterocycles. The molecule has 19 heavy (non-hydrogen) atoms. The van der Waals surface area contributed by atoms with Crippen molar-refractivity contribution < 1.29 is 19.1 Å². The van der Waals surface area contributed by atoms with Gasteiger partial charge in [0, 0.05) is 23.6 Å². The third kappa shape index (κ3) is 2.56. The summed E-state index contributed by atoms with van der Waals surface area (Å²) in [6.45, 7) is 1.45. The molecule has 1 aliphatic rings. The van der Waals surface area contributed by atoms with Crippen LogP contribution in [-0.4, -0.2) is 40.6 Å². The molecule has 1 aliphatic heterocycles. The van der Waals surface area contributed by atoms with Crippen molar-refractivity contribution in [3.63, 3.8) is 0 Å². The number of hydrogen-bond donors (Lipinski definition) is 1. The molecule has 1 aromatic carbocycles. The Morgan fingerprint density at radius 2 is 2.16 bits per heavy atom. The number of amides is 1. The highest BCUT2D eigenvalue weighted by Gasteiger charge is 2.46. The Morgan fingerprint density at radius 3 is 2.68 bits per heavy atom. The molecule has 1 aromatic rings. The SMILES string of the molecule is Cc1cc(C(=O)N2CCC(F)(C(=O)O)C2)ccc1Cl. The van der Waals surface area contributed by atoms with Gasteiger partial charge >= 0.3 is 5.97 Å². The van der Waals surface area contributed by atoms with Crippen LogP contribution in [0.5, 0.6) is 0 Å². The molecular formula is C13H13ClFNO3. The van der Waals surface area contributed by atoms with Crippen molar-refractivity contribution in [2.24, 2.45) is 0 Å². The second-order valence-corrected chi connectivity index (χ2v) is 5.12. The van der Waals surface area contributed by atoms with E-state index in [4.69, 9.17) is 16.7 Å². The number of carbonyl (C=O) groups excluding carboxylic acids is 1. The van der Waals surface area contributed by atoms with Crippen LogP contribution in [0.2, 0.25) is 5.02 Å².